The first-order valence-corrected chi connectivity index (χ1v) is 3.03. The van der Waals surface area contributed by atoms with E-state index < -0.39 is 0 Å². The Balaban J connectivity index is 3.32. The molecule has 8 heavy (non-hydrogen) atoms. The summed E-state index contributed by atoms with van der Waals surface area (Å²) in [7, 11) is 1.80. The van der Waals surface area contributed by atoms with Crippen LogP contribution in [0.3, 0.4) is 0 Å². The molecular weight excluding hydrogens is 122 g/mol. The SMILES string of the molecule is CNCC(S)C(C)=O. The predicted octanol–water partition coefficient (Wildman–Crippen LogP) is 0.0932. The number of thiol groups is 1. The third kappa shape index (κ3) is 3.04. The van der Waals surface area contributed by atoms with Gasteiger partial charge in [0.05, 0.1) is 5.25 Å². The highest BCUT2D eigenvalue weighted by Crippen LogP contribution is 1.92. The van der Waals surface area contributed by atoms with Crippen LogP contribution in [0.15, 0.2) is 0 Å². The van der Waals surface area contributed by atoms with Crippen molar-refractivity contribution >= 4 is 18.4 Å². The number of carbonyl (C=O) groups excluding carboxylic acids is 1. The monoisotopic (exact) mass is 133 g/mol. The van der Waals surface area contributed by atoms with Gasteiger partial charge in [-0.1, -0.05) is 0 Å². The number of Topliss-reactive ketones (excluding diaryl/α,β-unsaturated/α-hetero) is 1. The van der Waals surface area contributed by atoms with Crippen LogP contribution in [0.2, 0.25) is 0 Å². The largest absolute Gasteiger partial charge is 0.318 e. The fourth-order valence-corrected chi connectivity index (χ4v) is 0.520. The van der Waals surface area contributed by atoms with Gasteiger partial charge in [0, 0.05) is 6.54 Å². The molecule has 1 atom stereocenters. The molecule has 1 N–H and O–H groups in total. The maximum atomic E-state index is 10.4. The van der Waals surface area contributed by atoms with Gasteiger partial charge in [-0.05, 0) is 14.0 Å². The van der Waals surface area contributed by atoms with Gasteiger partial charge < -0.3 is 5.32 Å². The van der Waals surface area contributed by atoms with E-state index in [0.29, 0.717) is 6.54 Å². The number of hydrogen-bond donors (Lipinski definition) is 2. The zero-order valence-electron chi connectivity index (χ0n) is 5.14. The molecule has 1 unspecified atom stereocenters. The van der Waals surface area contributed by atoms with Crippen LogP contribution in [0.1, 0.15) is 6.92 Å². The molecule has 0 spiro atoms. The lowest BCUT2D eigenvalue weighted by atomic mass is 10.3. The maximum absolute atomic E-state index is 10.4. The van der Waals surface area contributed by atoms with E-state index in [9.17, 15) is 4.79 Å². The Morgan fingerprint density at radius 1 is 1.88 bits per heavy atom. The average molecular weight is 133 g/mol. The Bertz CT molecular complexity index is 84.5. The molecule has 48 valence electrons. The summed E-state index contributed by atoms with van der Waals surface area (Å²) in [6.07, 6.45) is 0. The van der Waals surface area contributed by atoms with Crippen LogP contribution in [0.5, 0.6) is 0 Å². The lowest BCUT2D eigenvalue weighted by Gasteiger charge is -2.02. The summed E-state index contributed by atoms with van der Waals surface area (Å²) in [5.74, 6) is 0.114. The molecule has 0 aromatic carbocycles. The number of ketones is 1. The normalized spacial score (nSPS) is 13.4. The molecule has 0 aliphatic rings. The number of nitrogens with one attached hydrogen (secondary N) is 1. The highest BCUT2D eigenvalue weighted by molar-refractivity contribution is 7.81. The zero-order chi connectivity index (χ0) is 6.57. The fourth-order valence-electron chi connectivity index (χ4n) is 0.337. The van der Waals surface area contributed by atoms with Crippen molar-refractivity contribution in [1.29, 1.82) is 0 Å². The molecule has 0 heterocycles. The van der Waals surface area contributed by atoms with Crippen LogP contribution in [0.4, 0.5) is 0 Å². The second-order valence-electron chi connectivity index (χ2n) is 1.68. The van der Waals surface area contributed by atoms with E-state index in [1.165, 1.54) is 6.92 Å². The van der Waals surface area contributed by atoms with E-state index in [1.807, 2.05) is 0 Å². The van der Waals surface area contributed by atoms with Gasteiger partial charge >= 0.3 is 0 Å². The second kappa shape index (κ2) is 3.92. The van der Waals surface area contributed by atoms with Crippen LogP contribution in [-0.4, -0.2) is 24.6 Å². The molecule has 2 nitrogen and oxygen atoms in total. The van der Waals surface area contributed by atoms with Gasteiger partial charge in [0.15, 0.2) is 0 Å². The van der Waals surface area contributed by atoms with Gasteiger partial charge in [-0.15, -0.1) is 0 Å². The molecule has 0 aliphatic heterocycles. The molecule has 0 bridgehead atoms. The first kappa shape index (κ1) is 7.98. The molecule has 0 aliphatic carbocycles. The zero-order valence-corrected chi connectivity index (χ0v) is 6.03. The summed E-state index contributed by atoms with van der Waals surface area (Å²) < 4.78 is 0. The predicted molar refractivity (Wildman–Crippen MR) is 37.4 cm³/mol. The summed E-state index contributed by atoms with van der Waals surface area (Å²) >= 11 is 3.99. The summed E-state index contributed by atoms with van der Waals surface area (Å²) in [6.45, 7) is 2.19. The van der Waals surface area contributed by atoms with Crippen molar-refractivity contribution < 1.29 is 4.79 Å². The van der Waals surface area contributed by atoms with Crippen molar-refractivity contribution in [3.8, 4) is 0 Å². The molecule has 3 heteroatoms. The van der Waals surface area contributed by atoms with Gasteiger partial charge in [-0.2, -0.15) is 12.6 Å². The van der Waals surface area contributed by atoms with Crippen LogP contribution < -0.4 is 5.32 Å². The Labute approximate surface area is 55.1 Å². The summed E-state index contributed by atoms with van der Waals surface area (Å²) in [6, 6.07) is 0. The number of carbonyl (C=O) groups is 1. The minimum atomic E-state index is -0.139. The van der Waals surface area contributed by atoms with Gasteiger partial charge in [-0.25, -0.2) is 0 Å². The molecule has 0 amide bonds. The second-order valence-corrected chi connectivity index (χ2v) is 2.31. The molecule has 0 aromatic rings. The van der Waals surface area contributed by atoms with E-state index >= 15 is 0 Å². The lowest BCUT2D eigenvalue weighted by Crippen LogP contribution is -2.24. The van der Waals surface area contributed by atoms with Crippen molar-refractivity contribution in [3.63, 3.8) is 0 Å². The Morgan fingerprint density at radius 3 is 2.50 bits per heavy atom. The van der Waals surface area contributed by atoms with Crippen LogP contribution in [-0.2, 0) is 4.79 Å². The summed E-state index contributed by atoms with van der Waals surface area (Å²) in [5, 5.41) is 2.71. The Morgan fingerprint density at radius 2 is 2.38 bits per heavy atom. The molecule has 0 saturated heterocycles. The van der Waals surface area contributed by atoms with E-state index in [0.717, 1.165) is 0 Å². The van der Waals surface area contributed by atoms with Gasteiger partial charge in [-0.3, -0.25) is 4.79 Å². The molecular formula is C5H11NOS. The standard InChI is InChI=1S/C5H11NOS/c1-4(7)5(8)3-6-2/h5-6,8H,3H2,1-2H3. The Kier molecular flexibility index (Phi) is 3.91. The van der Waals surface area contributed by atoms with Crippen molar-refractivity contribution in [2.24, 2.45) is 0 Å². The maximum Gasteiger partial charge on any atom is 0.143 e. The van der Waals surface area contributed by atoms with Crippen molar-refractivity contribution in [1.82, 2.24) is 5.32 Å². The smallest absolute Gasteiger partial charge is 0.143 e. The van der Waals surface area contributed by atoms with Crippen LogP contribution >= 0.6 is 12.6 Å². The molecule has 0 rings (SSSR count). The first-order valence-electron chi connectivity index (χ1n) is 2.51. The van der Waals surface area contributed by atoms with Crippen LogP contribution in [0, 0.1) is 0 Å². The highest BCUT2D eigenvalue weighted by atomic mass is 32.1. The third-order valence-corrected chi connectivity index (χ3v) is 1.41. The van der Waals surface area contributed by atoms with Crippen molar-refractivity contribution in [3.05, 3.63) is 0 Å². The molecule has 0 saturated carbocycles. The van der Waals surface area contributed by atoms with E-state index in [2.05, 4.69) is 17.9 Å². The van der Waals surface area contributed by atoms with Gasteiger partial charge in [0.25, 0.3) is 0 Å². The van der Waals surface area contributed by atoms with E-state index in [1.54, 1.807) is 7.05 Å². The van der Waals surface area contributed by atoms with E-state index in [4.69, 9.17) is 0 Å². The van der Waals surface area contributed by atoms with Crippen LogP contribution in [0.25, 0.3) is 0 Å². The fraction of sp³-hybridized carbons (Fsp3) is 0.800. The minimum absolute atomic E-state index is 0.114. The molecule has 0 fully saturated rings. The van der Waals surface area contributed by atoms with Crippen molar-refractivity contribution in [2.75, 3.05) is 13.6 Å². The minimum Gasteiger partial charge on any atom is -0.318 e. The number of rotatable bonds is 3. The van der Waals surface area contributed by atoms with Gasteiger partial charge in [0.2, 0.25) is 0 Å². The average Bonchev–Trinajstić information content (AvgIpc) is 1.67. The third-order valence-electron chi connectivity index (χ3n) is 0.867. The lowest BCUT2D eigenvalue weighted by molar-refractivity contribution is -0.116. The Hall–Kier alpha value is -0.0200. The van der Waals surface area contributed by atoms with E-state index in [-0.39, 0.29) is 11.0 Å². The van der Waals surface area contributed by atoms with Crippen molar-refractivity contribution in [2.45, 2.75) is 12.2 Å². The topological polar surface area (TPSA) is 29.1 Å². The molecule has 0 radical (unpaired) electrons. The summed E-state index contributed by atoms with van der Waals surface area (Å²) in [5.41, 5.74) is 0. The highest BCUT2D eigenvalue weighted by Gasteiger charge is 2.04. The first-order chi connectivity index (χ1) is 3.68. The van der Waals surface area contributed by atoms with Gasteiger partial charge in [0.1, 0.15) is 5.78 Å². The quantitative estimate of drug-likeness (QED) is 0.534. The molecule has 0 aromatic heterocycles. The number of hydrogen-bond acceptors (Lipinski definition) is 3. The summed E-state index contributed by atoms with van der Waals surface area (Å²) in [4.78, 5) is 10.4.